The molecule has 4 heteroatoms. The summed E-state index contributed by atoms with van der Waals surface area (Å²) in [7, 11) is 0. The Kier molecular flexibility index (Phi) is 4.55. The average molecular weight is 242 g/mol. The first-order chi connectivity index (χ1) is 7.79. The Morgan fingerprint density at radius 1 is 1.47 bits per heavy atom. The third kappa shape index (κ3) is 3.96. The van der Waals surface area contributed by atoms with E-state index in [1.807, 2.05) is 0 Å². The maximum absolute atomic E-state index is 11.9. The lowest BCUT2D eigenvalue weighted by molar-refractivity contribution is -0.135. The van der Waals surface area contributed by atoms with Gasteiger partial charge >= 0.3 is 0 Å². The molecule has 0 aliphatic heterocycles. The van der Waals surface area contributed by atoms with Crippen LogP contribution in [0.2, 0.25) is 0 Å². The van der Waals surface area contributed by atoms with E-state index in [1.54, 1.807) is 0 Å². The van der Waals surface area contributed by atoms with Crippen LogP contribution in [-0.2, 0) is 4.79 Å². The van der Waals surface area contributed by atoms with E-state index in [0.717, 1.165) is 19.3 Å². The molecule has 0 aromatic heterocycles. The molecule has 0 radical (unpaired) electrons. The maximum Gasteiger partial charge on any atom is 0.227 e. The number of hydrogen-bond acceptors (Lipinski definition) is 3. The van der Waals surface area contributed by atoms with Crippen molar-refractivity contribution in [3.8, 4) is 0 Å². The zero-order valence-corrected chi connectivity index (χ0v) is 11.3. The van der Waals surface area contributed by atoms with Crippen molar-refractivity contribution in [2.75, 3.05) is 13.1 Å². The highest BCUT2D eigenvalue weighted by atomic mass is 16.3. The predicted molar refractivity (Wildman–Crippen MR) is 68.4 cm³/mol. The van der Waals surface area contributed by atoms with E-state index in [1.165, 1.54) is 0 Å². The molecule has 1 saturated carbocycles. The van der Waals surface area contributed by atoms with Gasteiger partial charge in [-0.3, -0.25) is 4.79 Å². The van der Waals surface area contributed by atoms with Gasteiger partial charge in [-0.1, -0.05) is 27.2 Å². The van der Waals surface area contributed by atoms with Gasteiger partial charge in [-0.15, -0.1) is 0 Å². The Labute approximate surface area is 104 Å². The Bertz CT molecular complexity index is 262. The Morgan fingerprint density at radius 3 is 2.41 bits per heavy atom. The summed E-state index contributed by atoms with van der Waals surface area (Å²) in [6.07, 6.45) is 3.04. The predicted octanol–water partition coefficient (Wildman–Crippen LogP) is 1.03. The summed E-state index contributed by atoms with van der Waals surface area (Å²) < 4.78 is 0. The molecular formula is C13H26N2O2. The summed E-state index contributed by atoms with van der Waals surface area (Å²) >= 11 is 0. The molecule has 0 spiro atoms. The average Bonchev–Trinajstić information content (AvgIpc) is 2.11. The van der Waals surface area contributed by atoms with Crippen LogP contribution in [-0.4, -0.2) is 30.2 Å². The Hall–Kier alpha value is -0.610. The second-order valence-corrected chi connectivity index (χ2v) is 6.47. The first kappa shape index (κ1) is 14.5. The van der Waals surface area contributed by atoms with Crippen LogP contribution >= 0.6 is 0 Å². The minimum atomic E-state index is -0.478. The van der Waals surface area contributed by atoms with Crippen molar-refractivity contribution in [1.29, 1.82) is 0 Å². The summed E-state index contributed by atoms with van der Waals surface area (Å²) in [5.41, 5.74) is 5.38. The van der Waals surface area contributed by atoms with Crippen LogP contribution in [0.5, 0.6) is 0 Å². The standard InChI is InChI=1S/C13H26N2O2/c1-12(2,3)7-10(16)8-15-11(17)13(9-14)5-4-6-13/h10,16H,4-9,14H2,1-3H3,(H,15,17). The van der Waals surface area contributed by atoms with Gasteiger partial charge in [0.15, 0.2) is 0 Å². The van der Waals surface area contributed by atoms with Crippen molar-refractivity contribution in [3.63, 3.8) is 0 Å². The molecule has 0 saturated heterocycles. The highest BCUT2D eigenvalue weighted by Gasteiger charge is 2.42. The molecule has 1 atom stereocenters. The van der Waals surface area contributed by atoms with E-state index >= 15 is 0 Å². The van der Waals surface area contributed by atoms with Crippen LogP contribution in [0.4, 0.5) is 0 Å². The van der Waals surface area contributed by atoms with E-state index in [0.29, 0.717) is 19.5 Å². The van der Waals surface area contributed by atoms with Crippen LogP contribution in [0.1, 0.15) is 46.5 Å². The molecule has 1 rings (SSSR count). The van der Waals surface area contributed by atoms with Crippen LogP contribution in [0.3, 0.4) is 0 Å². The normalized spacial score (nSPS) is 20.5. The van der Waals surface area contributed by atoms with Crippen molar-refractivity contribution in [2.24, 2.45) is 16.6 Å². The molecule has 100 valence electrons. The second-order valence-electron chi connectivity index (χ2n) is 6.47. The summed E-state index contributed by atoms with van der Waals surface area (Å²) in [6, 6.07) is 0. The number of hydrogen-bond donors (Lipinski definition) is 3. The fraction of sp³-hybridized carbons (Fsp3) is 0.923. The molecule has 4 N–H and O–H groups in total. The number of aliphatic hydroxyl groups is 1. The lowest BCUT2D eigenvalue weighted by Gasteiger charge is -2.39. The SMILES string of the molecule is CC(C)(C)CC(O)CNC(=O)C1(CN)CCC1. The molecule has 4 nitrogen and oxygen atoms in total. The number of amides is 1. The topological polar surface area (TPSA) is 75.3 Å². The van der Waals surface area contributed by atoms with Crippen molar-refractivity contribution in [2.45, 2.75) is 52.6 Å². The third-order valence-corrected chi connectivity index (χ3v) is 3.53. The largest absolute Gasteiger partial charge is 0.391 e. The lowest BCUT2D eigenvalue weighted by Crippen LogP contribution is -2.51. The highest BCUT2D eigenvalue weighted by molar-refractivity contribution is 5.83. The van der Waals surface area contributed by atoms with Crippen LogP contribution in [0.15, 0.2) is 0 Å². The van der Waals surface area contributed by atoms with Gasteiger partial charge in [-0.2, -0.15) is 0 Å². The van der Waals surface area contributed by atoms with E-state index in [9.17, 15) is 9.90 Å². The fourth-order valence-corrected chi connectivity index (χ4v) is 2.30. The molecule has 17 heavy (non-hydrogen) atoms. The molecule has 1 amide bonds. The first-order valence-corrected chi connectivity index (χ1v) is 6.45. The molecule has 1 aliphatic rings. The number of carbonyl (C=O) groups excluding carboxylic acids is 1. The van der Waals surface area contributed by atoms with Crippen molar-refractivity contribution < 1.29 is 9.90 Å². The third-order valence-electron chi connectivity index (χ3n) is 3.53. The quantitative estimate of drug-likeness (QED) is 0.674. The van der Waals surface area contributed by atoms with Gasteiger partial charge in [0.2, 0.25) is 5.91 Å². The van der Waals surface area contributed by atoms with Gasteiger partial charge in [-0.05, 0) is 24.7 Å². The van der Waals surface area contributed by atoms with E-state index < -0.39 is 6.10 Å². The van der Waals surface area contributed by atoms with Crippen LogP contribution in [0.25, 0.3) is 0 Å². The molecule has 1 unspecified atom stereocenters. The number of carbonyl (C=O) groups is 1. The first-order valence-electron chi connectivity index (χ1n) is 6.45. The molecule has 0 aromatic carbocycles. The minimum absolute atomic E-state index is 0.0132. The fourth-order valence-electron chi connectivity index (χ4n) is 2.30. The van der Waals surface area contributed by atoms with Crippen LogP contribution < -0.4 is 11.1 Å². The van der Waals surface area contributed by atoms with Gasteiger partial charge in [0.1, 0.15) is 0 Å². The zero-order chi connectivity index (χ0) is 13.1. The number of nitrogens with one attached hydrogen (secondary N) is 1. The number of aliphatic hydroxyl groups excluding tert-OH is 1. The lowest BCUT2D eigenvalue weighted by atomic mass is 9.68. The van der Waals surface area contributed by atoms with Gasteiger partial charge in [0.25, 0.3) is 0 Å². The molecule has 0 bridgehead atoms. The summed E-state index contributed by atoms with van der Waals surface area (Å²) in [5, 5.41) is 12.6. The maximum atomic E-state index is 11.9. The molecular weight excluding hydrogens is 216 g/mol. The number of nitrogens with two attached hydrogens (primary N) is 1. The van der Waals surface area contributed by atoms with E-state index in [2.05, 4.69) is 26.1 Å². The van der Waals surface area contributed by atoms with Gasteiger partial charge in [-0.25, -0.2) is 0 Å². The van der Waals surface area contributed by atoms with Crippen molar-refractivity contribution in [1.82, 2.24) is 5.32 Å². The summed E-state index contributed by atoms with van der Waals surface area (Å²) in [4.78, 5) is 11.9. The second kappa shape index (κ2) is 5.36. The molecule has 0 aromatic rings. The van der Waals surface area contributed by atoms with Crippen LogP contribution in [0, 0.1) is 10.8 Å². The molecule has 1 fully saturated rings. The van der Waals surface area contributed by atoms with Crippen molar-refractivity contribution >= 4 is 5.91 Å². The van der Waals surface area contributed by atoms with Crippen molar-refractivity contribution in [3.05, 3.63) is 0 Å². The van der Waals surface area contributed by atoms with Gasteiger partial charge in [0, 0.05) is 13.1 Å². The van der Waals surface area contributed by atoms with Gasteiger partial charge < -0.3 is 16.2 Å². The Balaban J connectivity index is 2.33. The smallest absolute Gasteiger partial charge is 0.227 e. The monoisotopic (exact) mass is 242 g/mol. The molecule has 1 aliphatic carbocycles. The van der Waals surface area contributed by atoms with Gasteiger partial charge in [0.05, 0.1) is 11.5 Å². The molecule has 0 heterocycles. The summed E-state index contributed by atoms with van der Waals surface area (Å²) in [6.45, 7) is 6.97. The summed E-state index contributed by atoms with van der Waals surface area (Å²) in [5.74, 6) is 0.0132. The minimum Gasteiger partial charge on any atom is -0.391 e. The number of rotatable bonds is 5. The van der Waals surface area contributed by atoms with E-state index in [4.69, 9.17) is 5.73 Å². The zero-order valence-electron chi connectivity index (χ0n) is 11.3. The Morgan fingerprint density at radius 2 is 2.06 bits per heavy atom. The highest BCUT2D eigenvalue weighted by Crippen LogP contribution is 2.39. The van der Waals surface area contributed by atoms with E-state index in [-0.39, 0.29) is 16.7 Å².